The minimum Gasteiger partial charge on any atom is -0.463 e. The van der Waals surface area contributed by atoms with Crippen molar-refractivity contribution in [2.45, 2.75) is 38.8 Å². The number of amides is 1. The van der Waals surface area contributed by atoms with Gasteiger partial charge in [0.2, 0.25) is 5.91 Å². The largest absolute Gasteiger partial charge is 0.463 e. The van der Waals surface area contributed by atoms with E-state index in [9.17, 15) is 9.59 Å². The number of esters is 1. The Bertz CT molecular complexity index is 362. The summed E-state index contributed by atoms with van der Waals surface area (Å²) in [6.07, 6.45) is 8.58. The standard InChI is InChI=1S/C14H21NO4/c1-3-4-5-6-14(17)15-12-7-8-13(19-9-12)10-18-11(2)16/h3-4,7-8,12-13H,5-6,9-10H2,1-2H3,(H,15,17)/t12-,13-/m1/s1. The molecule has 0 spiro atoms. The number of hydrogen-bond donors (Lipinski definition) is 1. The van der Waals surface area contributed by atoms with Gasteiger partial charge in [-0.25, -0.2) is 0 Å². The predicted molar refractivity (Wildman–Crippen MR) is 71.5 cm³/mol. The van der Waals surface area contributed by atoms with Crippen molar-refractivity contribution in [3.05, 3.63) is 24.3 Å². The first kappa shape index (κ1) is 15.4. The van der Waals surface area contributed by atoms with Crippen molar-refractivity contribution < 1.29 is 19.1 Å². The van der Waals surface area contributed by atoms with Crippen LogP contribution in [0.4, 0.5) is 0 Å². The van der Waals surface area contributed by atoms with Gasteiger partial charge in [-0.1, -0.05) is 24.3 Å². The lowest BCUT2D eigenvalue weighted by atomic mass is 10.2. The van der Waals surface area contributed by atoms with Gasteiger partial charge < -0.3 is 14.8 Å². The quantitative estimate of drug-likeness (QED) is 0.582. The number of hydrogen-bond acceptors (Lipinski definition) is 4. The fourth-order valence-electron chi connectivity index (χ4n) is 1.65. The van der Waals surface area contributed by atoms with Crippen molar-refractivity contribution in [3.63, 3.8) is 0 Å². The SMILES string of the molecule is CC=CCCC(=O)N[C@@H]1C=C[C@H](COC(C)=O)OC1. The molecular weight excluding hydrogens is 246 g/mol. The van der Waals surface area contributed by atoms with E-state index in [1.807, 2.05) is 31.2 Å². The third kappa shape index (κ3) is 6.76. The number of carbonyl (C=O) groups excluding carboxylic acids is 2. The van der Waals surface area contributed by atoms with E-state index in [0.717, 1.165) is 6.42 Å². The summed E-state index contributed by atoms with van der Waals surface area (Å²) in [7, 11) is 0. The van der Waals surface area contributed by atoms with Gasteiger partial charge in [0.05, 0.1) is 12.6 Å². The average Bonchev–Trinajstić information content (AvgIpc) is 2.38. The molecule has 0 radical (unpaired) electrons. The molecule has 0 saturated carbocycles. The first-order valence-corrected chi connectivity index (χ1v) is 6.45. The summed E-state index contributed by atoms with van der Waals surface area (Å²) < 4.78 is 10.3. The summed E-state index contributed by atoms with van der Waals surface area (Å²) >= 11 is 0. The normalized spacial score (nSPS) is 22.4. The van der Waals surface area contributed by atoms with E-state index in [1.165, 1.54) is 6.92 Å². The Morgan fingerprint density at radius 2 is 2.26 bits per heavy atom. The van der Waals surface area contributed by atoms with Crippen molar-refractivity contribution in [1.29, 1.82) is 0 Å². The van der Waals surface area contributed by atoms with Crippen LogP contribution in [-0.4, -0.2) is 37.2 Å². The summed E-state index contributed by atoms with van der Waals surface area (Å²) in [5.41, 5.74) is 0. The topological polar surface area (TPSA) is 64.6 Å². The molecule has 5 nitrogen and oxygen atoms in total. The highest BCUT2D eigenvalue weighted by atomic mass is 16.6. The van der Waals surface area contributed by atoms with Crippen LogP contribution in [0.1, 0.15) is 26.7 Å². The number of carbonyl (C=O) groups is 2. The molecule has 1 heterocycles. The van der Waals surface area contributed by atoms with Crippen molar-refractivity contribution in [1.82, 2.24) is 5.32 Å². The summed E-state index contributed by atoms with van der Waals surface area (Å²) in [6.45, 7) is 3.91. The van der Waals surface area contributed by atoms with Gasteiger partial charge in [-0.15, -0.1) is 0 Å². The Kier molecular flexibility index (Phi) is 6.89. The van der Waals surface area contributed by atoms with Crippen molar-refractivity contribution in [2.24, 2.45) is 0 Å². The highest BCUT2D eigenvalue weighted by Gasteiger charge is 2.18. The average molecular weight is 267 g/mol. The van der Waals surface area contributed by atoms with Crippen LogP contribution in [0.25, 0.3) is 0 Å². The van der Waals surface area contributed by atoms with Crippen LogP contribution >= 0.6 is 0 Å². The molecule has 0 bridgehead atoms. The lowest BCUT2D eigenvalue weighted by Gasteiger charge is -2.24. The minimum atomic E-state index is -0.323. The van der Waals surface area contributed by atoms with Gasteiger partial charge in [0.1, 0.15) is 12.7 Å². The number of ether oxygens (including phenoxy) is 2. The number of rotatable bonds is 6. The van der Waals surface area contributed by atoms with Gasteiger partial charge >= 0.3 is 5.97 Å². The molecule has 1 aliphatic heterocycles. The van der Waals surface area contributed by atoms with Crippen LogP contribution in [0.5, 0.6) is 0 Å². The molecular formula is C14H21NO4. The molecule has 1 N–H and O–H groups in total. The van der Waals surface area contributed by atoms with Gasteiger partial charge in [0.15, 0.2) is 0 Å². The van der Waals surface area contributed by atoms with Crippen LogP contribution < -0.4 is 5.32 Å². The second kappa shape index (κ2) is 8.48. The first-order chi connectivity index (χ1) is 9.11. The zero-order valence-electron chi connectivity index (χ0n) is 11.4. The number of allylic oxidation sites excluding steroid dienone is 2. The van der Waals surface area contributed by atoms with Gasteiger partial charge in [0.25, 0.3) is 0 Å². The Labute approximate surface area is 113 Å². The van der Waals surface area contributed by atoms with E-state index < -0.39 is 0 Å². The molecule has 2 atom stereocenters. The molecule has 0 saturated heterocycles. The highest BCUT2D eigenvalue weighted by Crippen LogP contribution is 2.06. The van der Waals surface area contributed by atoms with Crippen LogP contribution in [-0.2, 0) is 19.1 Å². The third-order valence-corrected chi connectivity index (χ3v) is 2.62. The maximum absolute atomic E-state index is 11.6. The Balaban J connectivity index is 2.25. The molecule has 1 rings (SSSR count). The maximum atomic E-state index is 11.6. The summed E-state index contributed by atoms with van der Waals surface area (Å²) in [4.78, 5) is 22.2. The van der Waals surface area contributed by atoms with Gasteiger partial charge in [0, 0.05) is 13.3 Å². The first-order valence-electron chi connectivity index (χ1n) is 6.45. The van der Waals surface area contributed by atoms with Crippen LogP contribution in [0.2, 0.25) is 0 Å². The molecule has 19 heavy (non-hydrogen) atoms. The molecule has 0 unspecified atom stereocenters. The fourth-order valence-corrected chi connectivity index (χ4v) is 1.65. The predicted octanol–water partition coefficient (Wildman–Crippen LogP) is 1.35. The molecule has 0 aromatic carbocycles. The fraction of sp³-hybridized carbons (Fsp3) is 0.571. The summed E-state index contributed by atoms with van der Waals surface area (Å²) in [5, 5.41) is 2.87. The van der Waals surface area contributed by atoms with Gasteiger partial charge in [-0.2, -0.15) is 0 Å². The van der Waals surface area contributed by atoms with E-state index in [1.54, 1.807) is 0 Å². The monoisotopic (exact) mass is 267 g/mol. The second-order valence-electron chi connectivity index (χ2n) is 4.34. The van der Waals surface area contributed by atoms with Crippen LogP contribution in [0, 0.1) is 0 Å². The van der Waals surface area contributed by atoms with E-state index in [4.69, 9.17) is 9.47 Å². The lowest BCUT2D eigenvalue weighted by molar-refractivity contribution is -0.144. The molecule has 0 aromatic rings. The highest BCUT2D eigenvalue weighted by molar-refractivity contribution is 5.76. The van der Waals surface area contributed by atoms with Crippen LogP contribution in [0.3, 0.4) is 0 Å². The van der Waals surface area contributed by atoms with Gasteiger partial charge in [-0.05, 0) is 13.3 Å². The smallest absolute Gasteiger partial charge is 0.302 e. The van der Waals surface area contributed by atoms with E-state index >= 15 is 0 Å². The Morgan fingerprint density at radius 3 is 2.84 bits per heavy atom. The molecule has 1 aliphatic rings. The van der Waals surface area contributed by atoms with Crippen LogP contribution in [0.15, 0.2) is 24.3 Å². The molecule has 1 amide bonds. The summed E-state index contributed by atoms with van der Waals surface area (Å²) in [6, 6.07) is -0.105. The van der Waals surface area contributed by atoms with Crippen molar-refractivity contribution in [2.75, 3.05) is 13.2 Å². The van der Waals surface area contributed by atoms with Crippen molar-refractivity contribution >= 4 is 11.9 Å². The lowest BCUT2D eigenvalue weighted by Crippen LogP contribution is -2.40. The maximum Gasteiger partial charge on any atom is 0.302 e. The van der Waals surface area contributed by atoms with Crippen molar-refractivity contribution in [3.8, 4) is 0 Å². The third-order valence-electron chi connectivity index (χ3n) is 2.62. The Hall–Kier alpha value is -1.62. The minimum absolute atomic E-state index is 0.00906. The molecule has 5 heteroatoms. The second-order valence-corrected chi connectivity index (χ2v) is 4.34. The molecule has 0 aromatic heterocycles. The number of nitrogens with one attached hydrogen (secondary N) is 1. The van der Waals surface area contributed by atoms with E-state index in [0.29, 0.717) is 13.0 Å². The molecule has 0 fully saturated rings. The van der Waals surface area contributed by atoms with E-state index in [2.05, 4.69) is 5.32 Å². The Morgan fingerprint density at radius 1 is 1.47 bits per heavy atom. The zero-order chi connectivity index (χ0) is 14.1. The molecule has 106 valence electrons. The zero-order valence-corrected chi connectivity index (χ0v) is 11.4. The summed E-state index contributed by atoms with van der Waals surface area (Å²) in [5.74, 6) is -0.314. The van der Waals surface area contributed by atoms with E-state index in [-0.39, 0.29) is 30.6 Å². The molecule has 0 aliphatic carbocycles. The van der Waals surface area contributed by atoms with Gasteiger partial charge in [-0.3, -0.25) is 9.59 Å².